The van der Waals surface area contributed by atoms with Crippen molar-refractivity contribution >= 4 is 23.2 Å². The molecular weight excluding hydrogens is 360 g/mol. The summed E-state index contributed by atoms with van der Waals surface area (Å²) in [5.74, 6) is -0.160. The van der Waals surface area contributed by atoms with E-state index in [9.17, 15) is 9.59 Å². The van der Waals surface area contributed by atoms with Gasteiger partial charge in [0.25, 0.3) is 0 Å². The highest BCUT2D eigenvalue weighted by Gasteiger charge is 2.36. The Hall–Kier alpha value is -3.75. The number of ether oxygens (including phenoxy) is 1. The van der Waals surface area contributed by atoms with E-state index < -0.39 is 5.92 Å². The molecule has 1 atom stereocenters. The largest absolute Gasteiger partial charge is 0.495 e. The molecule has 2 heterocycles. The normalized spacial score (nSPS) is 16.2. The van der Waals surface area contributed by atoms with Gasteiger partial charge in [-0.3, -0.25) is 9.59 Å². The van der Waals surface area contributed by atoms with Crippen molar-refractivity contribution in [3.8, 4) is 11.4 Å². The number of aromatic nitrogens is 4. The highest BCUT2D eigenvalue weighted by molar-refractivity contribution is 6.04. The molecule has 2 aromatic carbocycles. The van der Waals surface area contributed by atoms with E-state index >= 15 is 0 Å². The fraction of sp³-hybridized carbons (Fsp3) is 0.211. The van der Waals surface area contributed by atoms with Gasteiger partial charge in [0, 0.05) is 18.7 Å². The van der Waals surface area contributed by atoms with Crippen molar-refractivity contribution in [2.75, 3.05) is 23.9 Å². The van der Waals surface area contributed by atoms with Crippen LogP contribution in [0.4, 0.5) is 11.4 Å². The minimum absolute atomic E-state index is 0.105. The molecule has 28 heavy (non-hydrogen) atoms. The molecule has 0 saturated carbocycles. The third kappa shape index (κ3) is 3.41. The Morgan fingerprint density at radius 3 is 2.86 bits per heavy atom. The van der Waals surface area contributed by atoms with E-state index in [4.69, 9.17) is 4.74 Å². The Kier molecular flexibility index (Phi) is 4.71. The van der Waals surface area contributed by atoms with Crippen LogP contribution in [0, 0.1) is 5.92 Å². The molecule has 1 N–H and O–H groups in total. The second kappa shape index (κ2) is 7.47. The van der Waals surface area contributed by atoms with E-state index in [1.807, 2.05) is 24.3 Å². The Morgan fingerprint density at radius 1 is 1.21 bits per heavy atom. The average molecular weight is 378 g/mol. The zero-order chi connectivity index (χ0) is 19.5. The van der Waals surface area contributed by atoms with Crippen LogP contribution in [0.15, 0.2) is 54.9 Å². The van der Waals surface area contributed by atoms with Crippen LogP contribution in [-0.2, 0) is 9.59 Å². The minimum atomic E-state index is -0.450. The van der Waals surface area contributed by atoms with Crippen LogP contribution in [0.5, 0.6) is 5.75 Å². The third-order valence-corrected chi connectivity index (χ3v) is 4.60. The first-order chi connectivity index (χ1) is 13.7. The predicted octanol–water partition coefficient (Wildman–Crippen LogP) is 1.66. The van der Waals surface area contributed by atoms with Crippen LogP contribution in [0.2, 0.25) is 0 Å². The number of anilines is 2. The van der Waals surface area contributed by atoms with Gasteiger partial charge >= 0.3 is 0 Å². The lowest BCUT2D eigenvalue weighted by Crippen LogP contribution is -2.28. The number of benzene rings is 2. The van der Waals surface area contributed by atoms with Crippen LogP contribution in [0.1, 0.15) is 6.42 Å². The SMILES string of the molecule is COc1ccccc1N1CC(C(=O)Nc2cccc(-n3cnnn3)c2)CC1=O. The summed E-state index contributed by atoms with van der Waals surface area (Å²) in [4.78, 5) is 26.8. The third-order valence-electron chi connectivity index (χ3n) is 4.60. The number of hydrogen-bond acceptors (Lipinski definition) is 6. The Bertz CT molecular complexity index is 1000. The molecule has 0 radical (unpaired) electrons. The zero-order valence-corrected chi connectivity index (χ0v) is 15.1. The molecule has 1 aliphatic heterocycles. The molecule has 1 saturated heterocycles. The molecule has 142 valence electrons. The molecule has 1 fully saturated rings. The van der Waals surface area contributed by atoms with Crippen molar-refractivity contribution in [2.45, 2.75) is 6.42 Å². The maximum absolute atomic E-state index is 12.7. The Balaban J connectivity index is 1.48. The van der Waals surface area contributed by atoms with Gasteiger partial charge in [0.05, 0.1) is 24.4 Å². The van der Waals surface area contributed by atoms with Crippen LogP contribution in [0.25, 0.3) is 5.69 Å². The van der Waals surface area contributed by atoms with Crippen molar-refractivity contribution in [1.82, 2.24) is 20.2 Å². The van der Waals surface area contributed by atoms with Gasteiger partial charge in [0.2, 0.25) is 11.8 Å². The molecule has 0 aliphatic carbocycles. The Labute approximate surface area is 160 Å². The van der Waals surface area contributed by atoms with Gasteiger partial charge in [-0.25, -0.2) is 4.68 Å². The fourth-order valence-electron chi connectivity index (χ4n) is 3.22. The van der Waals surface area contributed by atoms with Gasteiger partial charge in [-0.05, 0) is 40.8 Å². The number of carbonyl (C=O) groups is 2. The standard InChI is InChI=1S/C19H18N6O3/c1-28-17-8-3-2-7-16(17)24-11-13(9-18(24)26)19(27)21-14-5-4-6-15(10-14)25-12-20-22-23-25/h2-8,10,12-13H,9,11H2,1H3,(H,21,27). The summed E-state index contributed by atoms with van der Waals surface area (Å²) in [5, 5.41) is 13.9. The first-order valence-corrected chi connectivity index (χ1v) is 8.73. The summed E-state index contributed by atoms with van der Waals surface area (Å²) in [6, 6.07) is 14.5. The summed E-state index contributed by atoms with van der Waals surface area (Å²) in [5.41, 5.74) is 2.01. The molecular formula is C19H18N6O3. The van der Waals surface area contributed by atoms with Crippen molar-refractivity contribution < 1.29 is 14.3 Å². The lowest BCUT2D eigenvalue weighted by atomic mass is 10.1. The molecule has 0 spiro atoms. The number of nitrogens with zero attached hydrogens (tertiary/aromatic N) is 5. The monoisotopic (exact) mass is 378 g/mol. The number of rotatable bonds is 5. The van der Waals surface area contributed by atoms with E-state index in [1.165, 1.54) is 11.0 Å². The van der Waals surface area contributed by atoms with Crippen molar-refractivity contribution in [2.24, 2.45) is 5.92 Å². The van der Waals surface area contributed by atoms with Crippen molar-refractivity contribution in [3.63, 3.8) is 0 Å². The Morgan fingerprint density at radius 2 is 2.07 bits per heavy atom. The number of nitrogens with one attached hydrogen (secondary N) is 1. The molecule has 1 unspecified atom stereocenters. The molecule has 1 aromatic heterocycles. The van der Waals surface area contributed by atoms with E-state index in [0.29, 0.717) is 23.7 Å². The van der Waals surface area contributed by atoms with Gasteiger partial charge in [0.15, 0.2) is 0 Å². The minimum Gasteiger partial charge on any atom is -0.495 e. The number of hydrogen-bond donors (Lipinski definition) is 1. The first kappa shape index (κ1) is 17.7. The summed E-state index contributed by atoms with van der Waals surface area (Å²) in [6.45, 7) is 0.303. The van der Waals surface area contributed by atoms with Crippen molar-refractivity contribution in [1.29, 1.82) is 0 Å². The maximum atomic E-state index is 12.7. The highest BCUT2D eigenvalue weighted by Crippen LogP contribution is 2.33. The molecule has 9 nitrogen and oxygen atoms in total. The second-order valence-electron chi connectivity index (χ2n) is 6.37. The van der Waals surface area contributed by atoms with Gasteiger partial charge < -0.3 is 15.0 Å². The predicted molar refractivity (Wildman–Crippen MR) is 101 cm³/mol. The quantitative estimate of drug-likeness (QED) is 0.724. The molecule has 9 heteroatoms. The highest BCUT2D eigenvalue weighted by atomic mass is 16.5. The van der Waals surface area contributed by atoms with Gasteiger partial charge in [-0.2, -0.15) is 0 Å². The molecule has 2 amide bonds. The molecule has 1 aliphatic rings. The number of amides is 2. The van der Waals surface area contributed by atoms with Crippen LogP contribution < -0.4 is 15.0 Å². The smallest absolute Gasteiger partial charge is 0.229 e. The maximum Gasteiger partial charge on any atom is 0.229 e. The lowest BCUT2D eigenvalue weighted by molar-refractivity contribution is -0.122. The topological polar surface area (TPSA) is 102 Å². The van der Waals surface area contributed by atoms with Gasteiger partial charge in [-0.15, -0.1) is 5.10 Å². The van der Waals surface area contributed by atoms with Gasteiger partial charge in [-0.1, -0.05) is 18.2 Å². The average Bonchev–Trinajstić information content (AvgIpc) is 3.38. The van der Waals surface area contributed by atoms with E-state index in [0.717, 1.165) is 5.69 Å². The van der Waals surface area contributed by atoms with Crippen LogP contribution >= 0.6 is 0 Å². The van der Waals surface area contributed by atoms with E-state index in [2.05, 4.69) is 20.8 Å². The van der Waals surface area contributed by atoms with Crippen molar-refractivity contribution in [3.05, 3.63) is 54.9 Å². The number of carbonyl (C=O) groups excluding carboxylic acids is 2. The second-order valence-corrected chi connectivity index (χ2v) is 6.37. The fourth-order valence-corrected chi connectivity index (χ4v) is 3.22. The summed E-state index contributed by atoms with van der Waals surface area (Å²) < 4.78 is 6.83. The molecule has 4 rings (SSSR count). The van der Waals surface area contributed by atoms with E-state index in [-0.39, 0.29) is 18.2 Å². The van der Waals surface area contributed by atoms with Crippen LogP contribution in [0.3, 0.4) is 0 Å². The van der Waals surface area contributed by atoms with Gasteiger partial charge in [0.1, 0.15) is 12.1 Å². The van der Waals surface area contributed by atoms with Crippen LogP contribution in [-0.4, -0.2) is 45.7 Å². The van der Waals surface area contributed by atoms with E-state index in [1.54, 1.807) is 36.3 Å². The summed E-state index contributed by atoms with van der Waals surface area (Å²) in [7, 11) is 1.56. The first-order valence-electron chi connectivity index (χ1n) is 8.73. The zero-order valence-electron chi connectivity index (χ0n) is 15.1. The number of tetrazole rings is 1. The molecule has 3 aromatic rings. The lowest BCUT2D eigenvalue weighted by Gasteiger charge is -2.19. The summed E-state index contributed by atoms with van der Waals surface area (Å²) in [6.07, 6.45) is 1.62. The summed E-state index contributed by atoms with van der Waals surface area (Å²) >= 11 is 0. The molecule has 0 bridgehead atoms. The number of para-hydroxylation sites is 2. The number of methoxy groups -OCH3 is 1.